The van der Waals surface area contributed by atoms with Gasteiger partial charge < -0.3 is 9.84 Å². The fourth-order valence-electron chi connectivity index (χ4n) is 1.81. The molecule has 0 unspecified atom stereocenters. The number of carbonyl (C=O) groups is 2. The van der Waals surface area contributed by atoms with Gasteiger partial charge in [-0.25, -0.2) is 4.79 Å². The SMILES string of the molecule is Cc1ccc(C(=O)C=Cc2ccc(OCC(=O)O)cc2)cc1. The van der Waals surface area contributed by atoms with E-state index in [1.807, 2.05) is 19.1 Å². The van der Waals surface area contributed by atoms with E-state index in [9.17, 15) is 9.59 Å². The third-order valence-electron chi connectivity index (χ3n) is 3.01. The van der Waals surface area contributed by atoms with E-state index in [0.29, 0.717) is 11.3 Å². The first-order valence-electron chi connectivity index (χ1n) is 6.78. The Morgan fingerprint density at radius 3 is 2.27 bits per heavy atom. The Hall–Kier alpha value is -2.88. The number of ether oxygens (including phenoxy) is 1. The van der Waals surface area contributed by atoms with Gasteiger partial charge in [0.2, 0.25) is 0 Å². The summed E-state index contributed by atoms with van der Waals surface area (Å²) in [5.41, 5.74) is 2.59. The lowest BCUT2D eigenvalue weighted by molar-refractivity contribution is -0.139. The summed E-state index contributed by atoms with van der Waals surface area (Å²) < 4.78 is 5.04. The molecule has 0 radical (unpaired) electrons. The number of carbonyl (C=O) groups excluding carboxylic acids is 1. The van der Waals surface area contributed by atoms with Crippen molar-refractivity contribution in [2.75, 3.05) is 6.61 Å². The molecule has 2 rings (SSSR count). The van der Waals surface area contributed by atoms with Crippen molar-refractivity contribution in [3.63, 3.8) is 0 Å². The Kier molecular flexibility index (Phi) is 5.09. The van der Waals surface area contributed by atoms with Crippen LogP contribution < -0.4 is 4.74 Å². The molecule has 0 aliphatic carbocycles. The first-order valence-corrected chi connectivity index (χ1v) is 6.78. The second-order valence-corrected chi connectivity index (χ2v) is 4.82. The van der Waals surface area contributed by atoms with Crippen LogP contribution in [0, 0.1) is 6.92 Å². The Balaban J connectivity index is 1.99. The molecular formula is C18H16O4. The summed E-state index contributed by atoms with van der Waals surface area (Å²) in [4.78, 5) is 22.4. The second-order valence-electron chi connectivity index (χ2n) is 4.82. The largest absolute Gasteiger partial charge is 0.482 e. The average molecular weight is 296 g/mol. The number of aliphatic carboxylic acids is 1. The minimum atomic E-state index is -1.02. The van der Waals surface area contributed by atoms with Crippen LogP contribution >= 0.6 is 0 Å². The highest BCUT2D eigenvalue weighted by atomic mass is 16.5. The molecule has 0 amide bonds. The van der Waals surface area contributed by atoms with Gasteiger partial charge in [-0.3, -0.25) is 4.79 Å². The highest BCUT2D eigenvalue weighted by Gasteiger charge is 2.01. The topological polar surface area (TPSA) is 63.6 Å². The molecule has 0 heterocycles. The van der Waals surface area contributed by atoms with Crippen molar-refractivity contribution in [1.29, 1.82) is 0 Å². The number of rotatable bonds is 6. The van der Waals surface area contributed by atoms with Gasteiger partial charge in [0.1, 0.15) is 5.75 Å². The van der Waals surface area contributed by atoms with Crippen molar-refractivity contribution in [2.24, 2.45) is 0 Å². The van der Waals surface area contributed by atoms with Crippen LogP contribution in [0.4, 0.5) is 0 Å². The Morgan fingerprint density at radius 2 is 1.68 bits per heavy atom. The van der Waals surface area contributed by atoms with Crippen LogP contribution in [0.5, 0.6) is 5.75 Å². The zero-order valence-electron chi connectivity index (χ0n) is 12.2. The van der Waals surface area contributed by atoms with Crippen molar-refractivity contribution in [3.05, 3.63) is 71.3 Å². The van der Waals surface area contributed by atoms with E-state index in [1.54, 1.807) is 42.5 Å². The number of hydrogen-bond donors (Lipinski definition) is 1. The minimum Gasteiger partial charge on any atom is -0.482 e. The van der Waals surface area contributed by atoms with Gasteiger partial charge in [0.15, 0.2) is 12.4 Å². The van der Waals surface area contributed by atoms with E-state index in [-0.39, 0.29) is 12.4 Å². The Morgan fingerprint density at radius 1 is 1.05 bits per heavy atom. The van der Waals surface area contributed by atoms with Crippen LogP contribution in [0.15, 0.2) is 54.6 Å². The first-order chi connectivity index (χ1) is 10.5. The van der Waals surface area contributed by atoms with Gasteiger partial charge in [0, 0.05) is 5.56 Å². The molecule has 2 aromatic carbocycles. The molecule has 0 spiro atoms. The lowest BCUT2D eigenvalue weighted by Crippen LogP contribution is -2.09. The number of hydrogen-bond acceptors (Lipinski definition) is 3. The molecule has 4 nitrogen and oxygen atoms in total. The van der Waals surface area contributed by atoms with Crippen LogP contribution in [0.3, 0.4) is 0 Å². The molecule has 0 aliphatic heterocycles. The van der Waals surface area contributed by atoms with Gasteiger partial charge in [-0.15, -0.1) is 0 Å². The minimum absolute atomic E-state index is 0.0637. The maximum atomic E-state index is 12.0. The molecule has 2 aromatic rings. The van der Waals surface area contributed by atoms with Crippen molar-refractivity contribution < 1.29 is 19.4 Å². The molecule has 0 saturated carbocycles. The lowest BCUT2D eigenvalue weighted by Gasteiger charge is -2.02. The number of aryl methyl sites for hydroxylation is 1. The molecule has 4 heteroatoms. The molecule has 0 saturated heterocycles. The average Bonchev–Trinajstić information content (AvgIpc) is 2.52. The Bertz CT molecular complexity index is 682. The van der Waals surface area contributed by atoms with Gasteiger partial charge in [-0.1, -0.05) is 48.0 Å². The molecule has 1 N–H and O–H groups in total. The second kappa shape index (κ2) is 7.22. The van der Waals surface area contributed by atoms with Crippen LogP contribution in [0.1, 0.15) is 21.5 Å². The summed E-state index contributed by atoms with van der Waals surface area (Å²) in [5.74, 6) is -0.608. The van der Waals surface area contributed by atoms with E-state index in [0.717, 1.165) is 11.1 Å². The molecule has 0 bridgehead atoms. The van der Waals surface area contributed by atoms with Gasteiger partial charge in [0.05, 0.1) is 0 Å². The molecule has 22 heavy (non-hydrogen) atoms. The van der Waals surface area contributed by atoms with Crippen LogP contribution in [0.2, 0.25) is 0 Å². The summed E-state index contributed by atoms with van der Waals surface area (Å²) in [5, 5.41) is 8.53. The van der Waals surface area contributed by atoms with Crippen molar-refractivity contribution in [2.45, 2.75) is 6.92 Å². The van der Waals surface area contributed by atoms with E-state index in [1.165, 1.54) is 6.08 Å². The van der Waals surface area contributed by atoms with Crippen LogP contribution in [-0.4, -0.2) is 23.5 Å². The fraction of sp³-hybridized carbons (Fsp3) is 0.111. The lowest BCUT2D eigenvalue weighted by atomic mass is 10.1. The maximum absolute atomic E-state index is 12.0. The number of carboxylic acid groups (broad SMARTS) is 1. The number of carboxylic acids is 1. The fourth-order valence-corrected chi connectivity index (χ4v) is 1.81. The number of allylic oxidation sites excluding steroid dienone is 1. The predicted octanol–water partition coefficient (Wildman–Crippen LogP) is 3.35. The van der Waals surface area contributed by atoms with Gasteiger partial charge in [-0.05, 0) is 30.7 Å². The molecule has 0 aliphatic rings. The zero-order chi connectivity index (χ0) is 15.9. The predicted molar refractivity (Wildman–Crippen MR) is 84.1 cm³/mol. The highest BCUT2D eigenvalue weighted by Crippen LogP contribution is 2.14. The standard InChI is InChI=1S/C18H16O4/c1-13-2-7-15(8-3-13)17(19)11-6-14-4-9-16(10-5-14)22-12-18(20)21/h2-11H,12H2,1H3,(H,20,21). The molecular weight excluding hydrogens is 280 g/mol. The van der Waals surface area contributed by atoms with Crippen molar-refractivity contribution in [1.82, 2.24) is 0 Å². The zero-order valence-corrected chi connectivity index (χ0v) is 12.2. The third-order valence-corrected chi connectivity index (χ3v) is 3.01. The molecule has 0 fully saturated rings. The van der Waals surface area contributed by atoms with Crippen LogP contribution in [-0.2, 0) is 4.79 Å². The molecule has 0 aromatic heterocycles. The summed E-state index contributed by atoms with van der Waals surface area (Å²) in [6.45, 7) is 1.60. The number of benzene rings is 2. The van der Waals surface area contributed by atoms with Crippen molar-refractivity contribution >= 4 is 17.8 Å². The Labute approximate surface area is 128 Å². The first kappa shape index (κ1) is 15.5. The summed E-state index contributed by atoms with van der Waals surface area (Å²) in [7, 11) is 0. The van der Waals surface area contributed by atoms with Crippen molar-refractivity contribution in [3.8, 4) is 5.75 Å². The van der Waals surface area contributed by atoms with Gasteiger partial charge in [-0.2, -0.15) is 0 Å². The molecule has 0 atom stereocenters. The maximum Gasteiger partial charge on any atom is 0.341 e. The smallest absolute Gasteiger partial charge is 0.341 e. The summed E-state index contributed by atoms with van der Waals surface area (Å²) >= 11 is 0. The summed E-state index contributed by atoms with van der Waals surface area (Å²) in [6, 6.07) is 14.2. The monoisotopic (exact) mass is 296 g/mol. The van der Waals surface area contributed by atoms with E-state index >= 15 is 0 Å². The van der Waals surface area contributed by atoms with E-state index < -0.39 is 5.97 Å². The number of ketones is 1. The third kappa shape index (κ3) is 4.59. The van der Waals surface area contributed by atoms with E-state index in [2.05, 4.69) is 0 Å². The highest BCUT2D eigenvalue weighted by molar-refractivity contribution is 6.06. The summed E-state index contributed by atoms with van der Waals surface area (Å²) in [6.07, 6.45) is 3.22. The normalized spacial score (nSPS) is 10.6. The quantitative estimate of drug-likeness (QED) is 0.656. The molecule has 112 valence electrons. The van der Waals surface area contributed by atoms with Crippen LogP contribution in [0.25, 0.3) is 6.08 Å². The van der Waals surface area contributed by atoms with E-state index in [4.69, 9.17) is 9.84 Å². The van der Waals surface area contributed by atoms with Gasteiger partial charge >= 0.3 is 5.97 Å². The van der Waals surface area contributed by atoms with Gasteiger partial charge in [0.25, 0.3) is 0 Å².